The topological polar surface area (TPSA) is 40.6 Å². The molecule has 0 spiro atoms. The first-order chi connectivity index (χ1) is 11.7. The van der Waals surface area contributed by atoms with E-state index in [-0.39, 0.29) is 11.8 Å². The van der Waals surface area contributed by atoms with Gasteiger partial charge < -0.3 is 9.80 Å². The van der Waals surface area contributed by atoms with Crippen molar-refractivity contribution in [3.05, 3.63) is 21.4 Å². The number of amides is 2. The predicted octanol–water partition coefficient (Wildman–Crippen LogP) is 3.10. The Morgan fingerprint density at radius 2 is 1.62 bits per heavy atom. The summed E-state index contributed by atoms with van der Waals surface area (Å²) in [5.41, 5.74) is 1.40. The number of nitrogens with zero attached hydrogens (tertiary/aromatic N) is 2. The van der Waals surface area contributed by atoms with Crippen molar-refractivity contribution >= 4 is 23.2 Å². The first-order valence-electron chi connectivity index (χ1n) is 9.42. The summed E-state index contributed by atoms with van der Waals surface area (Å²) in [5, 5.41) is 0. The van der Waals surface area contributed by atoms with E-state index in [1.807, 2.05) is 9.80 Å². The van der Waals surface area contributed by atoms with Gasteiger partial charge in [-0.3, -0.25) is 9.59 Å². The van der Waals surface area contributed by atoms with Gasteiger partial charge in [0.25, 0.3) is 5.91 Å². The van der Waals surface area contributed by atoms with Crippen molar-refractivity contribution in [2.45, 2.75) is 51.4 Å². The maximum absolute atomic E-state index is 12.8. The third-order valence-electron chi connectivity index (χ3n) is 5.76. The molecule has 0 aromatic carbocycles. The van der Waals surface area contributed by atoms with Gasteiger partial charge in [-0.2, -0.15) is 0 Å². The lowest BCUT2D eigenvalue weighted by Gasteiger charge is -2.33. The van der Waals surface area contributed by atoms with E-state index in [0.717, 1.165) is 69.6 Å². The van der Waals surface area contributed by atoms with Gasteiger partial charge in [0.15, 0.2) is 0 Å². The maximum Gasteiger partial charge on any atom is 0.263 e. The minimum absolute atomic E-state index is 0.128. The second kappa shape index (κ2) is 6.87. The predicted molar refractivity (Wildman–Crippen MR) is 95.4 cm³/mol. The summed E-state index contributed by atoms with van der Waals surface area (Å²) in [6, 6.07) is 2.13. The van der Waals surface area contributed by atoms with Gasteiger partial charge in [0.05, 0.1) is 4.88 Å². The minimum Gasteiger partial charge on any atom is -0.342 e. The van der Waals surface area contributed by atoms with E-state index in [2.05, 4.69) is 6.07 Å². The standard InChI is InChI=1S/C19H26N2O2S/c22-18(20-9-3-4-10-20)14-7-11-21(12-8-14)19(23)17-13-15-5-1-2-6-16(15)24-17/h13-14H,1-12H2. The Morgan fingerprint density at radius 3 is 2.33 bits per heavy atom. The summed E-state index contributed by atoms with van der Waals surface area (Å²) in [6.45, 7) is 3.31. The van der Waals surface area contributed by atoms with Gasteiger partial charge >= 0.3 is 0 Å². The van der Waals surface area contributed by atoms with Crippen LogP contribution < -0.4 is 0 Å². The molecule has 0 radical (unpaired) electrons. The summed E-state index contributed by atoms with van der Waals surface area (Å²) < 4.78 is 0. The highest BCUT2D eigenvalue weighted by Gasteiger charge is 2.32. The zero-order valence-corrected chi connectivity index (χ0v) is 15.1. The van der Waals surface area contributed by atoms with Gasteiger partial charge in [-0.15, -0.1) is 11.3 Å². The van der Waals surface area contributed by atoms with Gasteiger partial charge in [0.1, 0.15) is 0 Å². The first kappa shape index (κ1) is 16.1. The highest BCUT2D eigenvalue weighted by atomic mass is 32.1. The van der Waals surface area contributed by atoms with Crippen molar-refractivity contribution in [3.8, 4) is 0 Å². The third-order valence-corrected chi connectivity index (χ3v) is 6.98. The van der Waals surface area contributed by atoms with Crippen LogP contribution in [0.15, 0.2) is 6.07 Å². The molecule has 0 atom stereocenters. The molecule has 2 amide bonds. The van der Waals surface area contributed by atoms with Crippen LogP contribution in [0.1, 0.15) is 58.6 Å². The molecule has 2 fully saturated rings. The number of thiophene rings is 1. The summed E-state index contributed by atoms with van der Waals surface area (Å²) in [5.74, 6) is 0.636. The monoisotopic (exact) mass is 346 g/mol. The zero-order chi connectivity index (χ0) is 16.5. The molecule has 1 aromatic rings. The number of rotatable bonds is 2. The lowest BCUT2D eigenvalue weighted by atomic mass is 9.95. The van der Waals surface area contributed by atoms with E-state index in [4.69, 9.17) is 0 Å². The van der Waals surface area contributed by atoms with Crippen molar-refractivity contribution in [1.82, 2.24) is 9.80 Å². The van der Waals surface area contributed by atoms with Crippen molar-refractivity contribution in [1.29, 1.82) is 0 Å². The first-order valence-corrected chi connectivity index (χ1v) is 10.2. The fraction of sp³-hybridized carbons (Fsp3) is 0.684. The van der Waals surface area contributed by atoms with E-state index < -0.39 is 0 Å². The van der Waals surface area contributed by atoms with Crippen LogP contribution >= 0.6 is 11.3 Å². The number of likely N-dealkylation sites (tertiary alicyclic amines) is 2. The molecule has 130 valence electrons. The number of fused-ring (bicyclic) bond motifs is 1. The Morgan fingerprint density at radius 1 is 0.917 bits per heavy atom. The van der Waals surface area contributed by atoms with Crippen LogP contribution in [-0.4, -0.2) is 47.8 Å². The van der Waals surface area contributed by atoms with E-state index in [1.54, 1.807) is 11.3 Å². The van der Waals surface area contributed by atoms with Crippen LogP contribution in [0.5, 0.6) is 0 Å². The molecular formula is C19H26N2O2S. The van der Waals surface area contributed by atoms with Crippen molar-refractivity contribution in [2.24, 2.45) is 5.92 Å². The molecule has 0 N–H and O–H groups in total. The van der Waals surface area contributed by atoms with Gasteiger partial charge in [-0.1, -0.05) is 0 Å². The largest absolute Gasteiger partial charge is 0.342 e. The van der Waals surface area contributed by atoms with E-state index in [9.17, 15) is 9.59 Å². The molecule has 4 nitrogen and oxygen atoms in total. The number of hydrogen-bond acceptors (Lipinski definition) is 3. The number of hydrogen-bond donors (Lipinski definition) is 0. The number of carbonyl (C=O) groups is 2. The van der Waals surface area contributed by atoms with Gasteiger partial charge in [-0.25, -0.2) is 0 Å². The fourth-order valence-corrected chi connectivity index (χ4v) is 5.50. The Kier molecular flexibility index (Phi) is 4.61. The molecule has 3 aliphatic rings. The van der Waals surface area contributed by atoms with Crippen LogP contribution in [0.4, 0.5) is 0 Å². The van der Waals surface area contributed by atoms with E-state index >= 15 is 0 Å². The molecule has 0 bridgehead atoms. The highest BCUT2D eigenvalue weighted by molar-refractivity contribution is 7.14. The Bertz CT molecular complexity index is 602. The van der Waals surface area contributed by atoms with Crippen LogP contribution in [-0.2, 0) is 17.6 Å². The van der Waals surface area contributed by atoms with Gasteiger partial charge in [0.2, 0.25) is 5.91 Å². The molecule has 3 heterocycles. The summed E-state index contributed by atoms with van der Waals surface area (Å²) in [7, 11) is 0. The normalized spacial score (nSPS) is 21.8. The average Bonchev–Trinajstić information content (AvgIpc) is 3.30. The molecule has 4 rings (SSSR count). The summed E-state index contributed by atoms with van der Waals surface area (Å²) in [4.78, 5) is 31.6. The zero-order valence-electron chi connectivity index (χ0n) is 14.3. The molecular weight excluding hydrogens is 320 g/mol. The fourth-order valence-electron chi connectivity index (χ4n) is 4.28. The average molecular weight is 346 g/mol. The van der Waals surface area contributed by atoms with Gasteiger partial charge in [0, 0.05) is 37.0 Å². The molecule has 1 aromatic heterocycles. The van der Waals surface area contributed by atoms with Crippen LogP contribution in [0, 0.1) is 5.92 Å². The molecule has 2 saturated heterocycles. The highest BCUT2D eigenvalue weighted by Crippen LogP contribution is 2.31. The smallest absolute Gasteiger partial charge is 0.263 e. The molecule has 24 heavy (non-hydrogen) atoms. The third kappa shape index (κ3) is 3.10. The van der Waals surface area contributed by atoms with Crippen molar-refractivity contribution in [3.63, 3.8) is 0 Å². The second-order valence-electron chi connectivity index (χ2n) is 7.37. The van der Waals surface area contributed by atoms with Crippen molar-refractivity contribution < 1.29 is 9.59 Å². The van der Waals surface area contributed by atoms with E-state index in [0.29, 0.717) is 5.91 Å². The summed E-state index contributed by atoms with van der Waals surface area (Å²) in [6.07, 6.45) is 8.72. The quantitative estimate of drug-likeness (QED) is 0.826. The minimum atomic E-state index is 0.128. The molecule has 1 aliphatic carbocycles. The molecule has 5 heteroatoms. The van der Waals surface area contributed by atoms with Gasteiger partial charge in [-0.05, 0) is 63.0 Å². The van der Waals surface area contributed by atoms with E-state index in [1.165, 1.54) is 23.3 Å². The van der Waals surface area contributed by atoms with Crippen molar-refractivity contribution in [2.75, 3.05) is 26.2 Å². The SMILES string of the molecule is O=C(c1cc2c(s1)CCCC2)N1CCC(C(=O)N2CCCC2)CC1. The Balaban J connectivity index is 1.36. The number of carbonyl (C=O) groups excluding carboxylic acids is 2. The molecule has 2 aliphatic heterocycles. The molecule has 0 unspecified atom stereocenters. The van der Waals surface area contributed by atoms with Crippen LogP contribution in [0.3, 0.4) is 0 Å². The lowest BCUT2D eigenvalue weighted by Crippen LogP contribution is -2.43. The maximum atomic E-state index is 12.8. The second-order valence-corrected chi connectivity index (χ2v) is 8.50. The Hall–Kier alpha value is -1.36. The van der Waals surface area contributed by atoms with Crippen LogP contribution in [0.25, 0.3) is 0 Å². The van der Waals surface area contributed by atoms with Crippen LogP contribution in [0.2, 0.25) is 0 Å². The lowest BCUT2D eigenvalue weighted by molar-refractivity contribution is -0.135. The Labute approximate surface area is 147 Å². The number of piperidine rings is 1. The number of aryl methyl sites for hydroxylation is 2. The summed E-state index contributed by atoms with van der Waals surface area (Å²) >= 11 is 1.70. The molecule has 0 saturated carbocycles.